The fourth-order valence-electron chi connectivity index (χ4n) is 3.44. The van der Waals surface area contributed by atoms with Crippen molar-refractivity contribution in [2.24, 2.45) is 0 Å². The van der Waals surface area contributed by atoms with Crippen LogP contribution in [-0.2, 0) is 0 Å². The van der Waals surface area contributed by atoms with Crippen LogP contribution < -0.4 is 10.3 Å². The zero-order valence-electron chi connectivity index (χ0n) is 14.1. The molecule has 2 aromatic heterocycles. The highest BCUT2D eigenvalue weighted by Crippen LogP contribution is 2.41. The molecule has 0 radical (unpaired) electrons. The number of benzene rings is 2. The number of nitrogens with zero attached hydrogens (tertiary/aromatic N) is 2. The Morgan fingerprint density at radius 2 is 1.93 bits per heavy atom. The number of hydrogen-bond donors (Lipinski definition) is 0. The van der Waals surface area contributed by atoms with Gasteiger partial charge in [-0.1, -0.05) is 28.1 Å². The fraction of sp³-hybridized carbons (Fsp3) is 0.0500. The summed E-state index contributed by atoms with van der Waals surface area (Å²) in [4.78, 5) is 32.2. The van der Waals surface area contributed by atoms with Gasteiger partial charge < -0.3 is 4.42 Å². The van der Waals surface area contributed by atoms with Gasteiger partial charge in [0, 0.05) is 16.0 Å². The summed E-state index contributed by atoms with van der Waals surface area (Å²) in [5.74, 6) is -0.853. The average molecular weight is 457 g/mol. The maximum Gasteiger partial charge on any atom is 0.297 e. The molecule has 138 valence electrons. The van der Waals surface area contributed by atoms with Crippen molar-refractivity contribution < 1.29 is 13.6 Å². The highest BCUT2D eigenvalue weighted by atomic mass is 79.9. The lowest BCUT2D eigenvalue weighted by Crippen LogP contribution is -2.29. The minimum atomic E-state index is -0.742. The van der Waals surface area contributed by atoms with Gasteiger partial charge in [-0.3, -0.25) is 14.5 Å². The molecule has 28 heavy (non-hydrogen) atoms. The van der Waals surface area contributed by atoms with Gasteiger partial charge in [-0.2, -0.15) is 0 Å². The summed E-state index contributed by atoms with van der Waals surface area (Å²) in [6.45, 7) is 0. The molecule has 0 fully saturated rings. The average Bonchev–Trinajstić information content (AvgIpc) is 3.30. The molecule has 0 aliphatic carbocycles. The van der Waals surface area contributed by atoms with Crippen molar-refractivity contribution in [3.05, 3.63) is 91.4 Å². The van der Waals surface area contributed by atoms with Crippen molar-refractivity contribution in [2.75, 3.05) is 4.90 Å². The highest BCUT2D eigenvalue weighted by molar-refractivity contribution is 9.10. The van der Waals surface area contributed by atoms with Gasteiger partial charge >= 0.3 is 0 Å². The Morgan fingerprint density at radius 1 is 1.14 bits per heavy atom. The number of rotatable bonds is 2. The van der Waals surface area contributed by atoms with E-state index in [1.54, 1.807) is 41.9 Å². The van der Waals surface area contributed by atoms with E-state index in [0.29, 0.717) is 21.7 Å². The number of carbonyl (C=O) groups is 1. The van der Waals surface area contributed by atoms with Crippen molar-refractivity contribution in [1.29, 1.82) is 0 Å². The van der Waals surface area contributed by atoms with Gasteiger partial charge in [0.2, 0.25) is 5.76 Å². The highest BCUT2D eigenvalue weighted by Gasteiger charge is 2.44. The van der Waals surface area contributed by atoms with Gasteiger partial charge in [0.05, 0.1) is 17.0 Å². The predicted molar refractivity (Wildman–Crippen MR) is 107 cm³/mol. The summed E-state index contributed by atoms with van der Waals surface area (Å²) in [6, 6.07) is 10.0. The van der Waals surface area contributed by atoms with Crippen molar-refractivity contribution >= 4 is 49.3 Å². The molecule has 5 rings (SSSR count). The van der Waals surface area contributed by atoms with Gasteiger partial charge in [-0.15, -0.1) is 11.3 Å². The molecular formula is C20H10BrFN2O3S. The molecule has 0 N–H and O–H groups in total. The molecule has 1 aliphatic heterocycles. The fourth-order valence-corrected chi connectivity index (χ4v) is 4.47. The first-order chi connectivity index (χ1) is 13.5. The summed E-state index contributed by atoms with van der Waals surface area (Å²) in [6.07, 6.45) is 1.58. The van der Waals surface area contributed by atoms with Crippen LogP contribution in [-0.4, -0.2) is 10.9 Å². The zero-order valence-corrected chi connectivity index (χ0v) is 16.5. The van der Waals surface area contributed by atoms with E-state index in [-0.39, 0.29) is 16.8 Å². The second-order valence-electron chi connectivity index (χ2n) is 6.26. The largest absolute Gasteiger partial charge is 0.450 e. The minimum absolute atomic E-state index is 0.00986. The molecule has 2 aromatic carbocycles. The number of halogens is 2. The number of amides is 1. The van der Waals surface area contributed by atoms with E-state index >= 15 is 0 Å². The Hall–Kier alpha value is -2.84. The lowest BCUT2D eigenvalue weighted by molar-refractivity contribution is 0.0971. The van der Waals surface area contributed by atoms with Gasteiger partial charge in [-0.25, -0.2) is 9.37 Å². The summed E-state index contributed by atoms with van der Waals surface area (Å²) in [5, 5.41) is 2.56. The standard InChI is InChI=1S/C20H10BrFN2O3S/c21-11-3-6-14-13(9-11)17(25)15-16(10-1-4-12(22)5-2-10)24(19(26)18(15)27-14)20-23-7-8-28-20/h1-9,16H/t16-/m0/s1. The Labute approximate surface area is 170 Å². The SMILES string of the molecule is O=C1c2oc3ccc(Br)cc3c(=O)c2[C@H](c2ccc(F)cc2)N1c1nccs1. The monoisotopic (exact) mass is 456 g/mol. The van der Waals surface area contributed by atoms with Crippen LogP contribution in [0.5, 0.6) is 0 Å². The maximum atomic E-state index is 13.5. The first-order valence-corrected chi connectivity index (χ1v) is 9.96. The summed E-state index contributed by atoms with van der Waals surface area (Å²) in [7, 11) is 0. The molecule has 3 heterocycles. The van der Waals surface area contributed by atoms with E-state index < -0.39 is 17.8 Å². The number of aromatic nitrogens is 1. The molecule has 0 unspecified atom stereocenters. The van der Waals surface area contributed by atoms with Crippen molar-refractivity contribution in [3.63, 3.8) is 0 Å². The molecule has 1 aliphatic rings. The molecule has 0 spiro atoms. The summed E-state index contributed by atoms with van der Waals surface area (Å²) >= 11 is 4.64. The molecule has 0 saturated heterocycles. The smallest absolute Gasteiger partial charge is 0.297 e. The van der Waals surface area contributed by atoms with Gasteiger partial charge in [0.1, 0.15) is 11.4 Å². The molecule has 4 aromatic rings. The van der Waals surface area contributed by atoms with Gasteiger partial charge in [0.25, 0.3) is 5.91 Å². The number of carbonyl (C=O) groups excluding carboxylic acids is 1. The second-order valence-corrected chi connectivity index (χ2v) is 8.05. The third-order valence-corrected chi connectivity index (χ3v) is 5.91. The normalized spacial score (nSPS) is 16.0. The Morgan fingerprint density at radius 3 is 2.64 bits per heavy atom. The van der Waals surface area contributed by atoms with Gasteiger partial charge in [-0.05, 0) is 35.9 Å². The summed E-state index contributed by atoms with van der Waals surface area (Å²) in [5.41, 5.74) is 0.876. The van der Waals surface area contributed by atoms with Crippen LogP contribution in [0.3, 0.4) is 0 Å². The van der Waals surface area contributed by atoms with Crippen LogP contribution in [0.25, 0.3) is 11.0 Å². The van der Waals surface area contributed by atoms with Crippen LogP contribution >= 0.6 is 27.3 Å². The molecule has 8 heteroatoms. The van der Waals surface area contributed by atoms with Crippen LogP contribution in [0.2, 0.25) is 0 Å². The zero-order chi connectivity index (χ0) is 19.4. The first-order valence-electron chi connectivity index (χ1n) is 8.29. The van der Waals surface area contributed by atoms with E-state index in [4.69, 9.17) is 4.42 Å². The molecule has 5 nitrogen and oxygen atoms in total. The lowest BCUT2D eigenvalue weighted by Gasteiger charge is -2.22. The predicted octanol–water partition coefficient (Wildman–Crippen LogP) is 4.90. The first kappa shape index (κ1) is 17.3. The Bertz CT molecular complexity index is 1290. The van der Waals surface area contributed by atoms with Crippen molar-refractivity contribution in [3.8, 4) is 0 Å². The minimum Gasteiger partial charge on any atom is -0.450 e. The molecular weight excluding hydrogens is 447 g/mol. The van der Waals surface area contributed by atoms with E-state index in [0.717, 1.165) is 4.47 Å². The van der Waals surface area contributed by atoms with Gasteiger partial charge in [0.15, 0.2) is 10.6 Å². The van der Waals surface area contributed by atoms with E-state index in [2.05, 4.69) is 20.9 Å². The van der Waals surface area contributed by atoms with Crippen molar-refractivity contribution in [2.45, 2.75) is 6.04 Å². The maximum absolute atomic E-state index is 13.5. The molecule has 0 bridgehead atoms. The van der Waals surface area contributed by atoms with E-state index in [1.165, 1.54) is 28.4 Å². The molecule has 0 saturated carbocycles. The van der Waals surface area contributed by atoms with E-state index in [1.807, 2.05) is 0 Å². The Kier molecular flexibility index (Phi) is 3.92. The van der Waals surface area contributed by atoms with Crippen LogP contribution in [0.1, 0.15) is 27.7 Å². The van der Waals surface area contributed by atoms with Crippen molar-refractivity contribution in [1.82, 2.24) is 4.98 Å². The molecule has 1 amide bonds. The number of hydrogen-bond acceptors (Lipinski definition) is 5. The number of anilines is 1. The number of thiazole rings is 1. The number of fused-ring (bicyclic) bond motifs is 2. The van der Waals surface area contributed by atoms with Crippen LogP contribution in [0, 0.1) is 5.82 Å². The second kappa shape index (κ2) is 6.35. The van der Waals surface area contributed by atoms with Crippen LogP contribution in [0.15, 0.2) is 67.7 Å². The quantitative estimate of drug-likeness (QED) is 0.430. The molecule has 1 atom stereocenters. The van der Waals surface area contributed by atoms with E-state index in [9.17, 15) is 14.0 Å². The lowest BCUT2D eigenvalue weighted by atomic mass is 9.99. The topological polar surface area (TPSA) is 63.4 Å². The van der Waals surface area contributed by atoms with Crippen LogP contribution in [0.4, 0.5) is 9.52 Å². The summed E-state index contributed by atoms with van der Waals surface area (Å²) < 4.78 is 20.0. The Balaban J connectivity index is 1.83. The third-order valence-electron chi connectivity index (χ3n) is 4.64. The third kappa shape index (κ3) is 2.52.